The van der Waals surface area contributed by atoms with Crippen LogP contribution in [0, 0.1) is 5.41 Å². The Kier molecular flexibility index (Phi) is 9.36. The highest BCUT2D eigenvalue weighted by molar-refractivity contribution is 14.0. The van der Waals surface area contributed by atoms with Crippen LogP contribution in [0.3, 0.4) is 0 Å². The summed E-state index contributed by atoms with van der Waals surface area (Å²) in [6, 6.07) is 0.638. The first-order valence-electron chi connectivity index (χ1n) is 9.81. The first-order chi connectivity index (χ1) is 12.2. The molecule has 0 aromatic carbocycles. The minimum Gasteiger partial charge on any atom is -0.396 e. The number of aliphatic imine (C=N–C) groups is 1. The van der Waals surface area contributed by atoms with Gasteiger partial charge in [-0.15, -0.1) is 24.0 Å². The lowest BCUT2D eigenvalue weighted by Crippen LogP contribution is -2.51. The summed E-state index contributed by atoms with van der Waals surface area (Å²) in [5, 5.41) is 16.1. The summed E-state index contributed by atoms with van der Waals surface area (Å²) in [6.07, 6.45) is 4.52. The van der Waals surface area contributed by atoms with Crippen molar-refractivity contribution in [2.45, 2.75) is 44.8 Å². The van der Waals surface area contributed by atoms with Gasteiger partial charge in [-0.25, -0.2) is 0 Å². The Hall–Kier alpha value is -0.160. The Bertz CT molecular complexity index is 446. The van der Waals surface area contributed by atoms with Crippen molar-refractivity contribution in [1.82, 2.24) is 15.5 Å². The summed E-state index contributed by atoms with van der Waals surface area (Å²) < 4.78 is 11.6. The average Bonchev–Trinajstić information content (AvgIpc) is 3.27. The van der Waals surface area contributed by atoms with E-state index in [9.17, 15) is 5.11 Å². The Morgan fingerprint density at radius 3 is 3.00 bits per heavy atom. The number of aliphatic hydroxyl groups is 1. The zero-order chi connectivity index (χ0) is 17.5. The van der Waals surface area contributed by atoms with Gasteiger partial charge >= 0.3 is 0 Å². The number of aliphatic hydroxyl groups excluding tert-OH is 1. The molecule has 0 saturated carbocycles. The van der Waals surface area contributed by atoms with E-state index >= 15 is 0 Å². The molecule has 3 fully saturated rings. The Labute approximate surface area is 174 Å². The predicted molar refractivity (Wildman–Crippen MR) is 113 cm³/mol. The number of morpholine rings is 1. The number of ether oxygens (including phenoxy) is 2. The van der Waals surface area contributed by atoms with E-state index in [0.29, 0.717) is 19.2 Å². The highest BCUT2D eigenvalue weighted by Crippen LogP contribution is 2.32. The third-order valence-electron chi connectivity index (χ3n) is 5.70. The first-order valence-corrected chi connectivity index (χ1v) is 9.81. The number of guanidine groups is 1. The second-order valence-electron chi connectivity index (χ2n) is 7.60. The molecule has 0 aromatic rings. The van der Waals surface area contributed by atoms with Crippen LogP contribution >= 0.6 is 24.0 Å². The summed E-state index contributed by atoms with van der Waals surface area (Å²) >= 11 is 0. The fraction of sp³-hybridized carbons (Fsp3) is 0.944. The van der Waals surface area contributed by atoms with Gasteiger partial charge in [0.15, 0.2) is 5.96 Å². The summed E-state index contributed by atoms with van der Waals surface area (Å²) in [7, 11) is 0. The molecule has 26 heavy (non-hydrogen) atoms. The fourth-order valence-corrected chi connectivity index (χ4v) is 4.10. The number of halogens is 1. The SMILES string of the molecule is CCNC(=NCC1(CCO)CCOC1)NCC1CN2CCCC2CO1.I. The number of hydrogen-bond donors (Lipinski definition) is 3. The van der Waals surface area contributed by atoms with Crippen molar-refractivity contribution in [3.05, 3.63) is 0 Å². The predicted octanol–water partition coefficient (Wildman–Crippen LogP) is 0.812. The molecule has 8 heteroatoms. The van der Waals surface area contributed by atoms with Crippen LogP contribution in [-0.4, -0.2) is 87.3 Å². The van der Waals surface area contributed by atoms with E-state index in [1.807, 2.05) is 0 Å². The quantitative estimate of drug-likeness (QED) is 0.283. The highest BCUT2D eigenvalue weighted by atomic mass is 127. The van der Waals surface area contributed by atoms with Gasteiger partial charge in [-0.05, 0) is 39.2 Å². The van der Waals surface area contributed by atoms with Crippen molar-refractivity contribution in [1.29, 1.82) is 0 Å². The smallest absolute Gasteiger partial charge is 0.191 e. The minimum atomic E-state index is -0.0127. The summed E-state index contributed by atoms with van der Waals surface area (Å²) in [5.74, 6) is 0.832. The molecule has 0 radical (unpaired) electrons. The van der Waals surface area contributed by atoms with Crippen LogP contribution in [-0.2, 0) is 9.47 Å². The lowest BCUT2D eigenvalue weighted by Gasteiger charge is -2.35. The summed E-state index contributed by atoms with van der Waals surface area (Å²) in [6.45, 7) is 9.10. The minimum absolute atomic E-state index is 0. The normalized spacial score (nSPS) is 32.2. The van der Waals surface area contributed by atoms with Gasteiger partial charge in [0.1, 0.15) is 0 Å². The van der Waals surface area contributed by atoms with E-state index in [0.717, 1.165) is 51.6 Å². The van der Waals surface area contributed by atoms with Gasteiger partial charge < -0.3 is 25.2 Å². The number of hydrogen-bond acceptors (Lipinski definition) is 5. The summed E-state index contributed by atoms with van der Waals surface area (Å²) in [4.78, 5) is 7.33. The largest absolute Gasteiger partial charge is 0.396 e. The Morgan fingerprint density at radius 2 is 2.27 bits per heavy atom. The van der Waals surface area contributed by atoms with E-state index in [1.54, 1.807) is 0 Å². The van der Waals surface area contributed by atoms with E-state index in [4.69, 9.17) is 14.5 Å². The van der Waals surface area contributed by atoms with Crippen LogP contribution in [0.15, 0.2) is 4.99 Å². The van der Waals surface area contributed by atoms with Crippen molar-refractivity contribution in [2.75, 3.05) is 59.2 Å². The van der Waals surface area contributed by atoms with Gasteiger partial charge in [-0.2, -0.15) is 0 Å². The lowest BCUT2D eigenvalue weighted by molar-refractivity contribution is -0.0453. The molecule has 0 aliphatic carbocycles. The highest BCUT2D eigenvalue weighted by Gasteiger charge is 2.35. The standard InChI is InChI=1S/C18H34N4O3.HI/c1-2-19-17(21-13-18(5-8-23)6-9-24-14-18)20-10-16-11-22-7-3-4-15(22)12-25-16;/h15-16,23H,2-14H2,1H3,(H2,19,20,21);1H. The van der Waals surface area contributed by atoms with Crippen molar-refractivity contribution in [3.63, 3.8) is 0 Å². The third-order valence-corrected chi connectivity index (χ3v) is 5.70. The molecule has 0 aromatic heterocycles. The molecule has 152 valence electrons. The maximum absolute atomic E-state index is 9.35. The molecule has 0 bridgehead atoms. The van der Waals surface area contributed by atoms with Crippen LogP contribution in [0.25, 0.3) is 0 Å². The van der Waals surface area contributed by atoms with E-state index < -0.39 is 0 Å². The van der Waals surface area contributed by atoms with E-state index in [2.05, 4.69) is 22.5 Å². The summed E-state index contributed by atoms with van der Waals surface area (Å²) in [5.41, 5.74) is -0.0127. The maximum atomic E-state index is 9.35. The average molecular weight is 482 g/mol. The topological polar surface area (TPSA) is 78.4 Å². The number of rotatable bonds is 7. The maximum Gasteiger partial charge on any atom is 0.191 e. The van der Waals surface area contributed by atoms with Crippen molar-refractivity contribution in [3.8, 4) is 0 Å². The van der Waals surface area contributed by atoms with Gasteiger partial charge in [0.25, 0.3) is 0 Å². The van der Waals surface area contributed by atoms with Gasteiger partial charge in [-0.1, -0.05) is 0 Å². The molecular weight excluding hydrogens is 447 g/mol. The van der Waals surface area contributed by atoms with E-state index in [1.165, 1.54) is 19.4 Å². The molecule has 3 aliphatic rings. The molecule has 3 aliphatic heterocycles. The number of nitrogens with zero attached hydrogens (tertiary/aromatic N) is 2. The second kappa shape index (κ2) is 11.0. The molecule has 0 amide bonds. The van der Waals surface area contributed by atoms with Gasteiger partial charge in [-0.3, -0.25) is 9.89 Å². The van der Waals surface area contributed by atoms with Crippen LogP contribution in [0.5, 0.6) is 0 Å². The van der Waals surface area contributed by atoms with Crippen LogP contribution < -0.4 is 10.6 Å². The molecule has 0 spiro atoms. The Morgan fingerprint density at radius 1 is 1.38 bits per heavy atom. The monoisotopic (exact) mass is 482 g/mol. The van der Waals surface area contributed by atoms with Crippen LogP contribution in [0.1, 0.15) is 32.6 Å². The third kappa shape index (κ3) is 5.92. The zero-order valence-electron chi connectivity index (χ0n) is 15.9. The molecule has 3 atom stereocenters. The molecule has 3 saturated heterocycles. The fourth-order valence-electron chi connectivity index (χ4n) is 4.10. The van der Waals surface area contributed by atoms with E-state index in [-0.39, 0.29) is 42.1 Å². The van der Waals surface area contributed by atoms with Crippen LogP contribution in [0.2, 0.25) is 0 Å². The van der Waals surface area contributed by atoms with Crippen molar-refractivity contribution < 1.29 is 14.6 Å². The van der Waals surface area contributed by atoms with Gasteiger partial charge in [0.2, 0.25) is 0 Å². The lowest BCUT2D eigenvalue weighted by atomic mass is 9.84. The molecule has 3 N–H and O–H groups in total. The number of fused-ring (bicyclic) bond motifs is 1. The molecule has 7 nitrogen and oxygen atoms in total. The molecular formula is C18H35IN4O3. The van der Waals surface area contributed by atoms with Gasteiger partial charge in [0, 0.05) is 44.3 Å². The van der Waals surface area contributed by atoms with Gasteiger partial charge in [0.05, 0.1) is 25.9 Å². The number of nitrogens with one attached hydrogen (secondary N) is 2. The molecule has 3 unspecified atom stereocenters. The zero-order valence-corrected chi connectivity index (χ0v) is 18.2. The Balaban J connectivity index is 0.00000243. The molecule has 3 heterocycles. The van der Waals surface area contributed by atoms with Crippen molar-refractivity contribution in [2.24, 2.45) is 10.4 Å². The van der Waals surface area contributed by atoms with Crippen LogP contribution in [0.4, 0.5) is 0 Å². The van der Waals surface area contributed by atoms with Crippen molar-refractivity contribution >= 4 is 29.9 Å². The second-order valence-corrected chi connectivity index (χ2v) is 7.60. The molecule has 3 rings (SSSR count). The first kappa shape index (κ1) is 22.1.